The van der Waals surface area contributed by atoms with E-state index >= 15 is 0 Å². The molecule has 0 saturated carbocycles. The Hall–Kier alpha value is -3.45. The number of aromatic nitrogens is 2. The summed E-state index contributed by atoms with van der Waals surface area (Å²) < 4.78 is 2.98. The van der Waals surface area contributed by atoms with E-state index in [0.29, 0.717) is 21.6 Å². The molecule has 0 bridgehead atoms. The van der Waals surface area contributed by atoms with Crippen molar-refractivity contribution in [2.75, 3.05) is 5.32 Å². The molecule has 0 fully saturated rings. The Kier molecular flexibility index (Phi) is 5.37. The Balaban J connectivity index is 1.81. The number of aryl methyl sites for hydroxylation is 3. The minimum atomic E-state index is -0.528. The van der Waals surface area contributed by atoms with Crippen LogP contribution >= 0.6 is 11.3 Å². The zero-order chi connectivity index (χ0) is 22.3. The molecule has 6 nitrogen and oxygen atoms in total. The van der Waals surface area contributed by atoms with Gasteiger partial charge in [-0.15, -0.1) is 11.3 Å². The van der Waals surface area contributed by atoms with Gasteiger partial charge in [-0.1, -0.05) is 18.2 Å². The number of thiophene rings is 1. The molecule has 0 unspecified atom stereocenters. The number of nitrogens with one attached hydrogen (secondary N) is 1. The predicted octanol–water partition coefficient (Wildman–Crippen LogP) is 4.09. The highest BCUT2D eigenvalue weighted by Crippen LogP contribution is 2.19. The van der Waals surface area contributed by atoms with Gasteiger partial charge in [0.15, 0.2) is 0 Å². The lowest BCUT2D eigenvalue weighted by atomic mass is 10.1. The molecule has 2 aromatic carbocycles. The van der Waals surface area contributed by atoms with E-state index < -0.39 is 5.69 Å². The molecule has 31 heavy (non-hydrogen) atoms. The average molecular weight is 434 g/mol. The number of amides is 1. The summed E-state index contributed by atoms with van der Waals surface area (Å²) in [7, 11) is 0. The van der Waals surface area contributed by atoms with Crippen LogP contribution in [-0.4, -0.2) is 15.0 Å². The number of carbonyl (C=O) groups excluding carboxylic acids is 1. The Labute approximate surface area is 183 Å². The molecule has 0 aliphatic heterocycles. The highest BCUT2D eigenvalue weighted by molar-refractivity contribution is 7.17. The third-order valence-electron chi connectivity index (χ3n) is 5.66. The zero-order valence-electron chi connectivity index (χ0n) is 17.9. The van der Waals surface area contributed by atoms with Crippen molar-refractivity contribution in [2.45, 2.75) is 34.2 Å². The number of benzene rings is 2. The quantitative estimate of drug-likeness (QED) is 0.527. The number of fused-ring (bicyclic) bond motifs is 1. The van der Waals surface area contributed by atoms with Gasteiger partial charge in [-0.2, -0.15) is 0 Å². The number of carbonyl (C=O) groups is 1. The van der Waals surface area contributed by atoms with Crippen LogP contribution in [0.15, 0.2) is 57.4 Å². The number of nitrogens with zero attached hydrogens (tertiary/aromatic N) is 2. The maximum absolute atomic E-state index is 13.4. The van der Waals surface area contributed by atoms with E-state index in [1.165, 1.54) is 20.5 Å². The van der Waals surface area contributed by atoms with Crippen LogP contribution in [0.1, 0.15) is 22.3 Å². The Morgan fingerprint density at radius 1 is 0.968 bits per heavy atom. The van der Waals surface area contributed by atoms with E-state index in [0.717, 1.165) is 22.3 Å². The Bertz CT molecular complexity index is 1440. The minimum absolute atomic E-state index is 0.190. The highest BCUT2D eigenvalue weighted by atomic mass is 32.1. The predicted molar refractivity (Wildman–Crippen MR) is 126 cm³/mol. The molecule has 158 valence electrons. The van der Waals surface area contributed by atoms with Gasteiger partial charge < -0.3 is 5.32 Å². The van der Waals surface area contributed by atoms with E-state index in [-0.39, 0.29) is 18.0 Å². The van der Waals surface area contributed by atoms with Crippen LogP contribution in [0.5, 0.6) is 0 Å². The molecule has 1 N–H and O–H groups in total. The minimum Gasteiger partial charge on any atom is -0.325 e. The number of anilines is 1. The summed E-state index contributed by atoms with van der Waals surface area (Å²) in [4.78, 5) is 39.3. The summed E-state index contributed by atoms with van der Waals surface area (Å²) >= 11 is 1.27. The third-order valence-corrected chi connectivity index (χ3v) is 6.56. The fourth-order valence-corrected chi connectivity index (χ4v) is 4.42. The molecule has 0 saturated heterocycles. The largest absolute Gasteiger partial charge is 0.336 e. The van der Waals surface area contributed by atoms with E-state index in [1.807, 2.05) is 58.0 Å². The first-order valence-electron chi connectivity index (χ1n) is 9.94. The number of rotatable bonds is 4. The van der Waals surface area contributed by atoms with Gasteiger partial charge in [0.1, 0.15) is 11.2 Å². The highest BCUT2D eigenvalue weighted by Gasteiger charge is 2.19. The topological polar surface area (TPSA) is 73.1 Å². The van der Waals surface area contributed by atoms with Crippen LogP contribution in [-0.2, 0) is 11.3 Å². The summed E-state index contributed by atoms with van der Waals surface area (Å²) in [5.74, 6) is -0.330. The number of hydrogen-bond donors (Lipinski definition) is 1. The van der Waals surface area contributed by atoms with Gasteiger partial charge in [-0.3, -0.25) is 14.2 Å². The lowest BCUT2D eigenvalue weighted by molar-refractivity contribution is -0.116. The molecule has 0 aliphatic carbocycles. The first kappa shape index (κ1) is 20.8. The molecule has 0 atom stereocenters. The monoisotopic (exact) mass is 433 g/mol. The fraction of sp³-hybridized carbons (Fsp3) is 0.208. The smallest absolute Gasteiger partial charge is 0.325 e. The summed E-state index contributed by atoms with van der Waals surface area (Å²) in [5, 5.41) is 4.61. The first-order chi connectivity index (χ1) is 14.8. The van der Waals surface area contributed by atoms with Crippen molar-refractivity contribution in [1.82, 2.24) is 9.13 Å². The lowest BCUT2D eigenvalue weighted by Gasteiger charge is -2.15. The van der Waals surface area contributed by atoms with Gasteiger partial charge in [-0.05, 0) is 79.6 Å². The van der Waals surface area contributed by atoms with Crippen molar-refractivity contribution in [1.29, 1.82) is 0 Å². The summed E-state index contributed by atoms with van der Waals surface area (Å²) in [5.41, 5.74) is 4.82. The summed E-state index contributed by atoms with van der Waals surface area (Å²) in [6.45, 7) is 7.61. The summed E-state index contributed by atoms with van der Waals surface area (Å²) in [6.07, 6.45) is 0. The average Bonchev–Trinajstić information content (AvgIpc) is 3.21. The van der Waals surface area contributed by atoms with Crippen molar-refractivity contribution < 1.29 is 4.79 Å². The van der Waals surface area contributed by atoms with E-state index in [9.17, 15) is 14.4 Å². The van der Waals surface area contributed by atoms with Crippen LogP contribution in [0.2, 0.25) is 0 Å². The molecule has 0 radical (unpaired) electrons. The van der Waals surface area contributed by atoms with Crippen molar-refractivity contribution >= 4 is 33.1 Å². The molecule has 0 aliphatic rings. The van der Waals surface area contributed by atoms with Gasteiger partial charge in [0, 0.05) is 5.69 Å². The molecule has 0 spiro atoms. The molecule has 2 aromatic heterocycles. The van der Waals surface area contributed by atoms with Crippen LogP contribution < -0.4 is 16.6 Å². The lowest BCUT2D eigenvalue weighted by Crippen LogP contribution is -2.40. The maximum Gasteiger partial charge on any atom is 0.336 e. The first-order valence-corrected chi connectivity index (χ1v) is 10.8. The van der Waals surface area contributed by atoms with Crippen LogP contribution in [0, 0.1) is 27.7 Å². The Morgan fingerprint density at radius 2 is 1.74 bits per heavy atom. The normalized spacial score (nSPS) is 11.1. The second-order valence-corrected chi connectivity index (χ2v) is 8.63. The summed E-state index contributed by atoms with van der Waals surface area (Å²) in [6, 6.07) is 12.9. The van der Waals surface area contributed by atoms with Gasteiger partial charge in [0.25, 0.3) is 5.56 Å². The van der Waals surface area contributed by atoms with Crippen LogP contribution in [0.4, 0.5) is 5.69 Å². The van der Waals surface area contributed by atoms with Gasteiger partial charge in [-0.25, -0.2) is 9.36 Å². The van der Waals surface area contributed by atoms with E-state index in [4.69, 9.17) is 0 Å². The van der Waals surface area contributed by atoms with Crippen molar-refractivity contribution in [3.05, 3.63) is 90.9 Å². The molecule has 1 amide bonds. The SMILES string of the molecule is Cc1ccc(NC(=O)Cn2c(=O)n(-c3cccc(C)c3C)c(=O)c3sccc32)cc1C. The van der Waals surface area contributed by atoms with Crippen molar-refractivity contribution in [3.8, 4) is 5.69 Å². The number of hydrogen-bond acceptors (Lipinski definition) is 4. The van der Waals surface area contributed by atoms with Gasteiger partial charge >= 0.3 is 5.69 Å². The second-order valence-electron chi connectivity index (χ2n) is 7.71. The molecular weight excluding hydrogens is 410 g/mol. The van der Waals surface area contributed by atoms with Crippen LogP contribution in [0.25, 0.3) is 15.9 Å². The van der Waals surface area contributed by atoms with Crippen LogP contribution in [0.3, 0.4) is 0 Å². The molecule has 4 rings (SSSR count). The third kappa shape index (κ3) is 3.72. The van der Waals surface area contributed by atoms with Crippen molar-refractivity contribution in [3.63, 3.8) is 0 Å². The Morgan fingerprint density at radius 3 is 2.48 bits per heavy atom. The standard InChI is InChI=1S/C24H23N3O3S/c1-14-8-9-18(12-16(14)3)25-21(28)13-26-20-10-11-31-22(20)23(29)27(24(26)30)19-7-5-6-15(2)17(19)4/h5-12H,13H2,1-4H3,(H,25,28). The zero-order valence-corrected chi connectivity index (χ0v) is 18.7. The molecule has 7 heteroatoms. The molecular formula is C24H23N3O3S. The van der Waals surface area contributed by atoms with Crippen molar-refractivity contribution in [2.24, 2.45) is 0 Å². The van der Waals surface area contributed by atoms with E-state index in [1.54, 1.807) is 17.5 Å². The fourth-order valence-electron chi connectivity index (χ4n) is 3.59. The van der Waals surface area contributed by atoms with E-state index in [2.05, 4.69) is 5.32 Å². The molecule has 4 aromatic rings. The molecule has 2 heterocycles. The second kappa shape index (κ2) is 8.00. The van der Waals surface area contributed by atoms with Gasteiger partial charge in [0.2, 0.25) is 5.91 Å². The van der Waals surface area contributed by atoms with Gasteiger partial charge in [0.05, 0.1) is 11.2 Å². The maximum atomic E-state index is 13.4.